The van der Waals surface area contributed by atoms with Crippen LogP contribution in [0.25, 0.3) is 0 Å². The van der Waals surface area contributed by atoms with Crippen molar-refractivity contribution in [3.8, 4) is 11.5 Å². The van der Waals surface area contributed by atoms with E-state index in [9.17, 15) is 0 Å². The molecule has 0 aromatic heterocycles. The van der Waals surface area contributed by atoms with Crippen LogP contribution in [0.2, 0.25) is 0 Å². The lowest BCUT2D eigenvalue weighted by Gasteiger charge is -2.31. The topological polar surface area (TPSA) is 47.7 Å². The fourth-order valence-corrected chi connectivity index (χ4v) is 3.64. The summed E-state index contributed by atoms with van der Waals surface area (Å²) >= 11 is 2.04. The molecular weight excluding hydrogens is 260 g/mol. The number of nitrogens with zero attached hydrogens (tertiary/aromatic N) is 1. The summed E-state index contributed by atoms with van der Waals surface area (Å²) in [5, 5.41) is 0.701. The van der Waals surface area contributed by atoms with Gasteiger partial charge in [-0.3, -0.25) is 4.90 Å². The highest BCUT2D eigenvalue weighted by Gasteiger charge is 2.20. The second-order valence-corrected chi connectivity index (χ2v) is 6.66. The fraction of sp³-hybridized carbons (Fsp3) is 0.571. The molecule has 1 fully saturated rings. The van der Waals surface area contributed by atoms with Crippen LogP contribution in [-0.4, -0.2) is 42.2 Å². The van der Waals surface area contributed by atoms with E-state index in [1.54, 1.807) is 0 Å². The summed E-state index contributed by atoms with van der Waals surface area (Å²) in [4.78, 5) is 2.46. The number of hydrogen-bond acceptors (Lipinski definition) is 5. The molecule has 1 aromatic carbocycles. The standard InChI is InChI=1S/C14H20N2O2S/c1-10-8-16(2-5-19-10)9-11-6-13-14(7-12(11)15)18-4-3-17-13/h6-7,10H,2-5,8-9,15H2,1H3. The van der Waals surface area contributed by atoms with Gasteiger partial charge in [0.15, 0.2) is 11.5 Å². The van der Waals surface area contributed by atoms with E-state index < -0.39 is 0 Å². The molecule has 4 nitrogen and oxygen atoms in total. The van der Waals surface area contributed by atoms with E-state index in [0.717, 1.165) is 42.4 Å². The molecular formula is C14H20N2O2S. The second-order valence-electron chi connectivity index (χ2n) is 5.11. The van der Waals surface area contributed by atoms with Gasteiger partial charge in [-0.2, -0.15) is 11.8 Å². The average Bonchev–Trinajstić information content (AvgIpc) is 2.40. The number of thioether (sulfide) groups is 1. The molecule has 2 aliphatic rings. The number of nitrogen functional groups attached to an aromatic ring is 1. The summed E-state index contributed by atoms with van der Waals surface area (Å²) in [7, 11) is 0. The van der Waals surface area contributed by atoms with Gasteiger partial charge >= 0.3 is 0 Å². The molecule has 0 saturated carbocycles. The molecule has 1 atom stereocenters. The van der Waals surface area contributed by atoms with Gasteiger partial charge in [-0.1, -0.05) is 6.92 Å². The highest BCUT2D eigenvalue weighted by Crippen LogP contribution is 2.35. The van der Waals surface area contributed by atoms with Crippen molar-refractivity contribution in [3.63, 3.8) is 0 Å². The molecule has 5 heteroatoms. The molecule has 1 aromatic rings. The average molecular weight is 280 g/mol. The van der Waals surface area contributed by atoms with Gasteiger partial charge in [-0.25, -0.2) is 0 Å². The molecule has 1 unspecified atom stereocenters. The maximum absolute atomic E-state index is 6.13. The predicted molar refractivity (Wildman–Crippen MR) is 79.0 cm³/mol. The lowest BCUT2D eigenvalue weighted by Crippen LogP contribution is -2.36. The van der Waals surface area contributed by atoms with E-state index in [-0.39, 0.29) is 0 Å². The number of fused-ring (bicyclic) bond motifs is 1. The molecule has 104 valence electrons. The Morgan fingerprint density at radius 3 is 2.79 bits per heavy atom. The van der Waals surface area contributed by atoms with Crippen molar-refractivity contribution in [2.75, 3.05) is 37.8 Å². The monoisotopic (exact) mass is 280 g/mol. The Hall–Kier alpha value is -1.07. The van der Waals surface area contributed by atoms with E-state index in [0.29, 0.717) is 18.5 Å². The molecule has 1 saturated heterocycles. The summed E-state index contributed by atoms with van der Waals surface area (Å²) in [5.74, 6) is 2.80. The third kappa shape index (κ3) is 2.92. The number of benzene rings is 1. The normalized spacial score (nSPS) is 23.3. The number of nitrogens with two attached hydrogens (primary N) is 1. The van der Waals surface area contributed by atoms with E-state index in [1.165, 1.54) is 5.75 Å². The quantitative estimate of drug-likeness (QED) is 0.839. The van der Waals surface area contributed by atoms with Crippen molar-refractivity contribution in [2.45, 2.75) is 18.7 Å². The van der Waals surface area contributed by atoms with Crippen LogP contribution in [0.1, 0.15) is 12.5 Å². The highest BCUT2D eigenvalue weighted by molar-refractivity contribution is 7.99. The SMILES string of the molecule is CC1CN(Cc2cc3c(cc2N)OCCO3)CCS1. The summed E-state index contributed by atoms with van der Waals surface area (Å²) in [5.41, 5.74) is 8.07. The molecule has 0 spiro atoms. The predicted octanol–water partition coefficient (Wildman–Crippen LogP) is 1.98. The van der Waals surface area contributed by atoms with Crippen molar-refractivity contribution in [2.24, 2.45) is 0 Å². The van der Waals surface area contributed by atoms with Crippen molar-refractivity contribution in [1.29, 1.82) is 0 Å². The van der Waals surface area contributed by atoms with Crippen LogP contribution in [-0.2, 0) is 6.54 Å². The first-order valence-corrected chi connectivity index (χ1v) is 7.79. The van der Waals surface area contributed by atoms with Gasteiger partial charge in [0, 0.05) is 42.4 Å². The molecule has 0 bridgehead atoms. The van der Waals surface area contributed by atoms with Crippen LogP contribution < -0.4 is 15.2 Å². The molecule has 2 aliphatic heterocycles. The first kappa shape index (κ1) is 12.9. The largest absolute Gasteiger partial charge is 0.486 e. The number of anilines is 1. The molecule has 2 N–H and O–H groups in total. The zero-order valence-electron chi connectivity index (χ0n) is 11.2. The van der Waals surface area contributed by atoms with Crippen LogP contribution >= 0.6 is 11.8 Å². The van der Waals surface area contributed by atoms with Crippen molar-refractivity contribution in [3.05, 3.63) is 17.7 Å². The molecule has 2 heterocycles. The van der Waals surface area contributed by atoms with Crippen LogP contribution in [0.4, 0.5) is 5.69 Å². The minimum absolute atomic E-state index is 0.604. The van der Waals surface area contributed by atoms with E-state index in [1.807, 2.05) is 23.9 Å². The van der Waals surface area contributed by atoms with Crippen LogP contribution in [0.5, 0.6) is 11.5 Å². The molecule has 0 amide bonds. The maximum atomic E-state index is 6.13. The van der Waals surface area contributed by atoms with Crippen molar-refractivity contribution < 1.29 is 9.47 Å². The van der Waals surface area contributed by atoms with Gasteiger partial charge in [-0.15, -0.1) is 0 Å². The number of rotatable bonds is 2. The van der Waals surface area contributed by atoms with Gasteiger partial charge in [0.1, 0.15) is 13.2 Å². The Morgan fingerprint density at radius 2 is 2.05 bits per heavy atom. The highest BCUT2D eigenvalue weighted by atomic mass is 32.2. The fourth-order valence-electron chi connectivity index (χ4n) is 2.56. The maximum Gasteiger partial charge on any atom is 0.163 e. The molecule has 3 rings (SSSR count). The summed E-state index contributed by atoms with van der Waals surface area (Å²) in [6.45, 7) is 6.65. The van der Waals surface area contributed by atoms with Crippen molar-refractivity contribution >= 4 is 17.4 Å². The van der Waals surface area contributed by atoms with Crippen molar-refractivity contribution in [1.82, 2.24) is 4.90 Å². The van der Waals surface area contributed by atoms with E-state index in [4.69, 9.17) is 15.2 Å². The first-order valence-electron chi connectivity index (χ1n) is 6.74. The van der Waals surface area contributed by atoms with E-state index >= 15 is 0 Å². The summed E-state index contributed by atoms with van der Waals surface area (Å²) in [6.07, 6.45) is 0. The van der Waals surface area contributed by atoms with Crippen LogP contribution in [0, 0.1) is 0 Å². The first-order chi connectivity index (χ1) is 9.22. The lowest BCUT2D eigenvalue weighted by atomic mass is 10.1. The zero-order chi connectivity index (χ0) is 13.2. The number of hydrogen-bond donors (Lipinski definition) is 1. The van der Waals surface area contributed by atoms with Gasteiger partial charge in [0.05, 0.1) is 0 Å². The van der Waals surface area contributed by atoms with Crippen LogP contribution in [0.15, 0.2) is 12.1 Å². The van der Waals surface area contributed by atoms with Gasteiger partial charge in [0.2, 0.25) is 0 Å². The molecule has 19 heavy (non-hydrogen) atoms. The van der Waals surface area contributed by atoms with E-state index in [2.05, 4.69) is 11.8 Å². The van der Waals surface area contributed by atoms with Gasteiger partial charge in [-0.05, 0) is 11.6 Å². The Morgan fingerprint density at radius 1 is 1.32 bits per heavy atom. The Kier molecular flexibility index (Phi) is 3.75. The second kappa shape index (κ2) is 5.51. The number of ether oxygens (including phenoxy) is 2. The Labute approximate surface area is 118 Å². The lowest BCUT2D eigenvalue weighted by molar-refractivity contribution is 0.171. The molecule has 0 aliphatic carbocycles. The Bertz CT molecular complexity index is 467. The zero-order valence-corrected chi connectivity index (χ0v) is 12.0. The van der Waals surface area contributed by atoms with Gasteiger partial charge < -0.3 is 15.2 Å². The summed E-state index contributed by atoms with van der Waals surface area (Å²) in [6, 6.07) is 3.93. The minimum Gasteiger partial charge on any atom is -0.486 e. The third-order valence-corrected chi connectivity index (χ3v) is 4.66. The Balaban J connectivity index is 1.76. The van der Waals surface area contributed by atoms with Crippen LogP contribution in [0.3, 0.4) is 0 Å². The summed E-state index contributed by atoms with van der Waals surface area (Å²) < 4.78 is 11.2. The minimum atomic E-state index is 0.604. The smallest absolute Gasteiger partial charge is 0.163 e. The molecule has 0 radical (unpaired) electrons. The van der Waals surface area contributed by atoms with Gasteiger partial charge in [0.25, 0.3) is 0 Å². The third-order valence-electron chi connectivity index (χ3n) is 3.52.